The molecule has 1 aromatic carbocycles. The number of carbonyl (C=O) groups excluding carboxylic acids is 3. The maximum absolute atomic E-state index is 14.6. The van der Waals surface area contributed by atoms with Crippen LogP contribution in [0.3, 0.4) is 0 Å². The van der Waals surface area contributed by atoms with Crippen LogP contribution in [0.4, 0.5) is 4.39 Å². The SMILES string of the molecule is CCCN1CCN(C/C=C2\CN(C(C(=O)OC)c3ccccc3F)CCC2SC(C)=O)CC1=O. The number of likely N-dealkylation sites (tertiary alicyclic amines) is 1. The van der Waals surface area contributed by atoms with Crippen LogP contribution in [0.5, 0.6) is 0 Å². The van der Waals surface area contributed by atoms with Crippen LogP contribution in [0.15, 0.2) is 35.9 Å². The van der Waals surface area contributed by atoms with Crippen molar-refractivity contribution in [2.45, 2.75) is 38.0 Å². The molecule has 0 spiro atoms. The summed E-state index contributed by atoms with van der Waals surface area (Å²) >= 11 is 1.29. The van der Waals surface area contributed by atoms with Crippen molar-refractivity contribution in [3.63, 3.8) is 0 Å². The van der Waals surface area contributed by atoms with E-state index in [-0.39, 0.29) is 21.8 Å². The number of hydrogen-bond acceptors (Lipinski definition) is 7. The number of piperazine rings is 1. The van der Waals surface area contributed by atoms with Gasteiger partial charge in [0.05, 0.1) is 13.7 Å². The Kier molecular flexibility index (Phi) is 9.67. The molecule has 0 bridgehead atoms. The standard InChI is InChI=1S/C25H34FN3O4S/c1-4-11-28-15-14-27(17-23(28)31)12-9-19-16-29(13-10-22(19)34-18(2)30)24(25(32)33-3)20-7-5-6-8-21(20)26/h5-9,22,24H,4,10-17H2,1-3H3/b19-9+. The Bertz CT molecular complexity index is 925. The summed E-state index contributed by atoms with van der Waals surface area (Å²) in [7, 11) is 1.31. The minimum Gasteiger partial charge on any atom is -0.468 e. The van der Waals surface area contributed by atoms with Gasteiger partial charge in [-0.25, -0.2) is 9.18 Å². The maximum atomic E-state index is 14.6. The second-order valence-electron chi connectivity index (χ2n) is 8.70. The molecule has 2 aliphatic heterocycles. The fourth-order valence-electron chi connectivity index (χ4n) is 4.58. The molecule has 0 aromatic heterocycles. The first-order chi connectivity index (χ1) is 16.3. The van der Waals surface area contributed by atoms with E-state index in [0.29, 0.717) is 39.1 Å². The number of benzene rings is 1. The van der Waals surface area contributed by atoms with Gasteiger partial charge < -0.3 is 9.64 Å². The average molecular weight is 492 g/mol. The van der Waals surface area contributed by atoms with Crippen molar-refractivity contribution in [3.8, 4) is 0 Å². The summed E-state index contributed by atoms with van der Waals surface area (Å²) in [5, 5.41) is 0.0241. The second-order valence-corrected chi connectivity index (χ2v) is 10.1. The summed E-state index contributed by atoms with van der Waals surface area (Å²) in [4.78, 5) is 42.9. The largest absolute Gasteiger partial charge is 0.468 e. The molecular weight excluding hydrogens is 457 g/mol. The predicted octanol–water partition coefficient (Wildman–Crippen LogP) is 2.87. The minimum absolute atomic E-state index is 0.00949. The Hall–Kier alpha value is -2.23. The lowest BCUT2D eigenvalue weighted by molar-refractivity contribution is -0.147. The lowest BCUT2D eigenvalue weighted by Crippen LogP contribution is -2.50. The summed E-state index contributed by atoms with van der Waals surface area (Å²) in [5.41, 5.74) is 1.30. The molecule has 1 aromatic rings. The van der Waals surface area contributed by atoms with Crippen LogP contribution >= 0.6 is 11.8 Å². The number of amides is 1. The van der Waals surface area contributed by atoms with Crippen LogP contribution in [0.2, 0.25) is 0 Å². The van der Waals surface area contributed by atoms with Crippen LogP contribution < -0.4 is 0 Å². The van der Waals surface area contributed by atoms with Crippen molar-refractivity contribution in [1.82, 2.24) is 14.7 Å². The van der Waals surface area contributed by atoms with Gasteiger partial charge in [0.2, 0.25) is 5.91 Å². The van der Waals surface area contributed by atoms with E-state index in [1.165, 1.54) is 24.9 Å². The van der Waals surface area contributed by atoms with Crippen LogP contribution in [-0.4, -0.2) is 89.9 Å². The molecule has 3 rings (SSSR count). The number of carbonyl (C=O) groups is 3. The topological polar surface area (TPSA) is 70.2 Å². The van der Waals surface area contributed by atoms with E-state index >= 15 is 0 Å². The Morgan fingerprint density at radius 1 is 1.24 bits per heavy atom. The van der Waals surface area contributed by atoms with Crippen molar-refractivity contribution < 1.29 is 23.5 Å². The van der Waals surface area contributed by atoms with E-state index in [0.717, 1.165) is 25.1 Å². The van der Waals surface area contributed by atoms with Crippen LogP contribution in [0, 0.1) is 5.82 Å². The first-order valence-electron chi connectivity index (χ1n) is 11.8. The van der Waals surface area contributed by atoms with Gasteiger partial charge in [-0.3, -0.25) is 19.4 Å². The number of hydrogen-bond donors (Lipinski definition) is 0. The van der Waals surface area contributed by atoms with Crippen molar-refractivity contribution >= 4 is 28.8 Å². The van der Waals surface area contributed by atoms with Gasteiger partial charge in [-0.2, -0.15) is 0 Å². The molecule has 34 heavy (non-hydrogen) atoms. The second kappa shape index (κ2) is 12.5. The van der Waals surface area contributed by atoms with Gasteiger partial charge in [-0.15, -0.1) is 0 Å². The smallest absolute Gasteiger partial charge is 0.327 e. The molecule has 0 saturated carbocycles. The third-order valence-electron chi connectivity index (χ3n) is 6.28. The lowest BCUT2D eigenvalue weighted by atomic mass is 9.97. The zero-order valence-electron chi connectivity index (χ0n) is 20.2. The first-order valence-corrected chi connectivity index (χ1v) is 12.6. The molecule has 2 saturated heterocycles. The van der Waals surface area contributed by atoms with Crippen LogP contribution in [-0.2, 0) is 19.1 Å². The number of nitrogens with zero attached hydrogens (tertiary/aromatic N) is 3. The molecule has 2 aliphatic rings. The summed E-state index contributed by atoms with van der Waals surface area (Å²) < 4.78 is 19.6. The number of ether oxygens (including phenoxy) is 1. The first kappa shape index (κ1) is 26.4. The highest BCUT2D eigenvalue weighted by Crippen LogP contribution is 2.34. The zero-order valence-corrected chi connectivity index (χ0v) is 21.0. The van der Waals surface area contributed by atoms with E-state index < -0.39 is 17.8 Å². The van der Waals surface area contributed by atoms with E-state index in [9.17, 15) is 18.8 Å². The van der Waals surface area contributed by atoms with Gasteiger partial charge in [-0.05, 0) is 24.5 Å². The van der Waals surface area contributed by atoms with Gasteiger partial charge in [0.15, 0.2) is 5.12 Å². The van der Waals surface area contributed by atoms with Gasteiger partial charge in [0.1, 0.15) is 11.9 Å². The molecule has 2 fully saturated rings. The molecule has 0 aliphatic carbocycles. The molecular formula is C25H34FN3O4S. The number of methoxy groups -OCH3 is 1. The van der Waals surface area contributed by atoms with Crippen molar-refractivity contribution in [1.29, 1.82) is 0 Å². The molecule has 186 valence electrons. The van der Waals surface area contributed by atoms with Crippen molar-refractivity contribution in [2.24, 2.45) is 0 Å². The fraction of sp³-hybridized carbons (Fsp3) is 0.560. The van der Waals surface area contributed by atoms with Gasteiger partial charge in [0.25, 0.3) is 0 Å². The normalized spacial score (nSPS) is 22.1. The summed E-state index contributed by atoms with van der Waals surface area (Å²) in [6, 6.07) is 5.39. The fourth-order valence-corrected chi connectivity index (χ4v) is 5.53. The highest BCUT2D eigenvalue weighted by Gasteiger charge is 2.36. The highest BCUT2D eigenvalue weighted by atomic mass is 32.2. The number of esters is 1. The minimum atomic E-state index is -0.864. The van der Waals surface area contributed by atoms with Gasteiger partial charge >= 0.3 is 5.97 Å². The molecule has 1 amide bonds. The third kappa shape index (κ3) is 6.67. The van der Waals surface area contributed by atoms with E-state index in [1.54, 1.807) is 25.1 Å². The van der Waals surface area contributed by atoms with E-state index in [4.69, 9.17) is 4.74 Å². The molecule has 7 nitrogen and oxygen atoms in total. The molecule has 9 heteroatoms. The zero-order chi connectivity index (χ0) is 24.7. The Labute approximate surface area is 205 Å². The summed E-state index contributed by atoms with van der Waals surface area (Å²) in [6.07, 6.45) is 3.67. The number of rotatable bonds is 8. The highest BCUT2D eigenvalue weighted by molar-refractivity contribution is 8.14. The van der Waals surface area contributed by atoms with Gasteiger partial charge in [-0.1, -0.05) is 43.0 Å². The Morgan fingerprint density at radius 2 is 2.00 bits per heavy atom. The van der Waals surface area contributed by atoms with Crippen LogP contribution in [0.1, 0.15) is 38.3 Å². The number of piperidine rings is 1. The molecule has 2 atom stereocenters. The Balaban J connectivity index is 1.79. The van der Waals surface area contributed by atoms with Crippen molar-refractivity contribution in [2.75, 3.05) is 52.9 Å². The van der Waals surface area contributed by atoms with Gasteiger partial charge in [0, 0.05) is 57.0 Å². The summed E-state index contributed by atoms with van der Waals surface area (Å²) in [5.74, 6) is -0.830. The number of thioether (sulfide) groups is 1. The third-order valence-corrected chi connectivity index (χ3v) is 7.43. The molecule has 2 unspecified atom stereocenters. The lowest BCUT2D eigenvalue weighted by Gasteiger charge is -2.38. The number of halogens is 1. The summed E-state index contributed by atoms with van der Waals surface area (Å²) in [6.45, 7) is 7.82. The van der Waals surface area contributed by atoms with Crippen LogP contribution in [0.25, 0.3) is 0 Å². The monoisotopic (exact) mass is 491 g/mol. The predicted molar refractivity (Wildman–Crippen MR) is 131 cm³/mol. The molecule has 0 radical (unpaired) electrons. The molecule has 2 heterocycles. The van der Waals surface area contributed by atoms with Crippen molar-refractivity contribution in [3.05, 3.63) is 47.3 Å². The van der Waals surface area contributed by atoms with E-state index in [1.807, 2.05) is 9.80 Å². The van der Waals surface area contributed by atoms with E-state index in [2.05, 4.69) is 17.9 Å². The Morgan fingerprint density at radius 3 is 2.65 bits per heavy atom. The maximum Gasteiger partial charge on any atom is 0.327 e. The molecule has 0 N–H and O–H groups in total. The quantitative estimate of drug-likeness (QED) is 0.409. The average Bonchev–Trinajstić information content (AvgIpc) is 2.81.